The smallest absolute Gasteiger partial charge is 0.407 e. The molecule has 1 atom stereocenters. The van der Waals surface area contributed by atoms with Crippen LogP contribution in [0.5, 0.6) is 0 Å². The van der Waals surface area contributed by atoms with Crippen LogP contribution in [0.4, 0.5) is 4.79 Å². The minimum Gasteiger partial charge on any atom is -0.480 e. The number of fused-ring (bicyclic) bond motifs is 3. The number of amides is 1. The molecule has 0 saturated carbocycles. The summed E-state index contributed by atoms with van der Waals surface area (Å²) in [4.78, 5) is 33.4. The summed E-state index contributed by atoms with van der Waals surface area (Å²) in [7, 11) is 0. The number of carboxylic acids is 1. The van der Waals surface area contributed by atoms with Crippen molar-refractivity contribution in [2.45, 2.75) is 18.4 Å². The maximum atomic E-state index is 11.9. The zero-order valence-corrected chi connectivity index (χ0v) is 13.3. The molecule has 2 N–H and O–H groups in total. The Labute approximate surface area is 144 Å². The lowest BCUT2D eigenvalue weighted by molar-refractivity contribution is -0.140. The first kappa shape index (κ1) is 16.7. The Balaban J connectivity index is 1.72. The van der Waals surface area contributed by atoms with E-state index in [1.54, 1.807) is 0 Å². The molecule has 128 valence electrons. The molecule has 6 nitrogen and oxygen atoms in total. The Bertz CT molecular complexity index is 771. The van der Waals surface area contributed by atoms with Gasteiger partial charge in [0, 0.05) is 12.3 Å². The normalized spacial score (nSPS) is 13.4. The van der Waals surface area contributed by atoms with Gasteiger partial charge < -0.3 is 20.0 Å². The number of nitrogens with one attached hydrogen (secondary N) is 1. The molecule has 2 aromatic carbocycles. The fourth-order valence-electron chi connectivity index (χ4n) is 3.10. The molecule has 25 heavy (non-hydrogen) atoms. The van der Waals surface area contributed by atoms with Gasteiger partial charge >= 0.3 is 12.1 Å². The summed E-state index contributed by atoms with van der Waals surface area (Å²) < 4.78 is 5.24. The molecule has 2 aromatic rings. The van der Waals surface area contributed by atoms with Gasteiger partial charge in [0.2, 0.25) is 0 Å². The monoisotopic (exact) mass is 339 g/mol. The summed E-state index contributed by atoms with van der Waals surface area (Å²) in [6, 6.07) is 14.5. The highest BCUT2D eigenvalue weighted by atomic mass is 16.5. The van der Waals surface area contributed by atoms with Crippen molar-refractivity contribution in [1.29, 1.82) is 0 Å². The third-order valence-electron chi connectivity index (χ3n) is 4.27. The molecule has 0 bridgehead atoms. The Morgan fingerprint density at radius 3 is 2.16 bits per heavy atom. The van der Waals surface area contributed by atoms with Crippen molar-refractivity contribution in [3.63, 3.8) is 0 Å². The average Bonchev–Trinajstić information content (AvgIpc) is 2.93. The van der Waals surface area contributed by atoms with Gasteiger partial charge in [-0.2, -0.15) is 0 Å². The van der Waals surface area contributed by atoms with Crippen LogP contribution in [-0.2, 0) is 14.3 Å². The van der Waals surface area contributed by atoms with Crippen LogP contribution in [0.3, 0.4) is 0 Å². The van der Waals surface area contributed by atoms with Crippen molar-refractivity contribution < 1.29 is 24.2 Å². The molecule has 1 unspecified atom stereocenters. The van der Waals surface area contributed by atoms with Crippen LogP contribution < -0.4 is 5.32 Å². The Morgan fingerprint density at radius 2 is 1.64 bits per heavy atom. The van der Waals surface area contributed by atoms with Crippen molar-refractivity contribution in [3.8, 4) is 11.1 Å². The quantitative estimate of drug-likeness (QED) is 0.789. The van der Waals surface area contributed by atoms with Crippen molar-refractivity contribution in [3.05, 3.63) is 59.7 Å². The lowest BCUT2D eigenvalue weighted by Gasteiger charge is -2.16. The molecule has 0 heterocycles. The van der Waals surface area contributed by atoms with Crippen LogP contribution in [-0.4, -0.2) is 36.1 Å². The topological polar surface area (TPSA) is 92.7 Å². The van der Waals surface area contributed by atoms with Crippen LogP contribution in [0, 0.1) is 0 Å². The Kier molecular flexibility index (Phi) is 4.79. The molecule has 6 heteroatoms. The van der Waals surface area contributed by atoms with Crippen LogP contribution >= 0.6 is 0 Å². The fraction of sp³-hybridized carbons (Fsp3) is 0.211. The van der Waals surface area contributed by atoms with Gasteiger partial charge in [-0.15, -0.1) is 0 Å². The number of hydrogen-bond donors (Lipinski definition) is 2. The van der Waals surface area contributed by atoms with Crippen molar-refractivity contribution in [1.82, 2.24) is 5.32 Å². The van der Waals surface area contributed by atoms with Crippen LogP contribution in [0.2, 0.25) is 0 Å². The first-order chi connectivity index (χ1) is 12.1. The molecule has 0 saturated heterocycles. The van der Waals surface area contributed by atoms with E-state index in [9.17, 15) is 14.4 Å². The second kappa shape index (κ2) is 7.17. The van der Waals surface area contributed by atoms with Crippen LogP contribution in [0.1, 0.15) is 23.5 Å². The fourth-order valence-corrected chi connectivity index (χ4v) is 3.10. The number of hydrogen-bond acceptors (Lipinski definition) is 4. The van der Waals surface area contributed by atoms with E-state index in [0.29, 0.717) is 6.29 Å². The third kappa shape index (κ3) is 3.38. The molecule has 0 fully saturated rings. The molecular weight excluding hydrogens is 322 g/mol. The zero-order valence-electron chi connectivity index (χ0n) is 13.3. The van der Waals surface area contributed by atoms with Crippen molar-refractivity contribution >= 4 is 18.3 Å². The lowest BCUT2D eigenvalue weighted by atomic mass is 9.98. The zero-order chi connectivity index (χ0) is 17.8. The van der Waals surface area contributed by atoms with Gasteiger partial charge in [-0.25, -0.2) is 9.59 Å². The van der Waals surface area contributed by atoms with Crippen LogP contribution in [0.25, 0.3) is 11.1 Å². The molecule has 0 spiro atoms. The number of benzene rings is 2. The summed E-state index contributed by atoms with van der Waals surface area (Å²) in [6.07, 6.45) is -0.710. The van der Waals surface area contributed by atoms with E-state index in [4.69, 9.17) is 9.84 Å². The average molecular weight is 339 g/mol. The number of carboxylic acid groups (broad SMARTS) is 1. The Morgan fingerprint density at radius 1 is 1.08 bits per heavy atom. The van der Waals surface area contributed by atoms with Gasteiger partial charge in [0.15, 0.2) is 0 Å². The number of aliphatic carboxylic acids is 1. The Hall–Kier alpha value is -3.15. The number of carbonyl (C=O) groups excluding carboxylic acids is 2. The minimum atomic E-state index is -1.28. The SMILES string of the molecule is O=CCC(NC(=O)OCC1c2ccccc2-c2ccccc21)C(=O)O. The first-order valence-electron chi connectivity index (χ1n) is 7.89. The molecular formula is C19H17NO5. The van der Waals surface area contributed by atoms with Gasteiger partial charge in [0.1, 0.15) is 18.9 Å². The number of ether oxygens (including phenoxy) is 1. The second-order valence-corrected chi connectivity index (χ2v) is 5.76. The molecule has 0 aliphatic heterocycles. The summed E-state index contributed by atoms with van der Waals surface area (Å²) in [6.45, 7) is 0.0906. The maximum absolute atomic E-state index is 11.9. The van der Waals surface area contributed by atoms with Crippen molar-refractivity contribution in [2.75, 3.05) is 6.61 Å². The van der Waals surface area contributed by atoms with E-state index in [2.05, 4.69) is 5.32 Å². The predicted octanol–water partition coefficient (Wildman–Crippen LogP) is 2.57. The van der Waals surface area contributed by atoms with Crippen molar-refractivity contribution in [2.24, 2.45) is 0 Å². The van der Waals surface area contributed by atoms with Gasteiger partial charge in [0.25, 0.3) is 0 Å². The minimum absolute atomic E-state index is 0.0906. The van der Waals surface area contributed by atoms with Gasteiger partial charge in [-0.1, -0.05) is 48.5 Å². The van der Waals surface area contributed by atoms with Gasteiger partial charge in [0.05, 0.1) is 0 Å². The highest BCUT2D eigenvalue weighted by Crippen LogP contribution is 2.44. The first-order valence-corrected chi connectivity index (χ1v) is 7.89. The predicted molar refractivity (Wildman–Crippen MR) is 90.3 cm³/mol. The summed E-state index contributed by atoms with van der Waals surface area (Å²) >= 11 is 0. The summed E-state index contributed by atoms with van der Waals surface area (Å²) in [5.74, 6) is -1.38. The molecule has 0 aromatic heterocycles. The van der Waals surface area contributed by atoms with Crippen LogP contribution in [0.15, 0.2) is 48.5 Å². The number of alkyl carbamates (subject to hydrolysis) is 1. The molecule has 1 aliphatic carbocycles. The molecule has 0 radical (unpaired) electrons. The maximum Gasteiger partial charge on any atom is 0.407 e. The summed E-state index contributed by atoms with van der Waals surface area (Å²) in [5.41, 5.74) is 4.35. The largest absolute Gasteiger partial charge is 0.480 e. The number of aldehydes is 1. The molecule has 3 rings (SSSR count). The third-order valence-corrected chi connectivity index (χ3v) is 4.27. The number of carbonyl (C=O) groups is 3. The lowest BCUT2D eigenvalue weighted by Crippen LogP contribution is -2.41. The van der Waals surface area contributed by atoms with E-state index in [-0.39, 0.29) is 18.9 Å². The molecule has 1 aliphatic rings. The van der Waals surface area contributed by atoms with E-state index >= 15 is 0 Å². The van der Waals surface area contributed by atoms with Gasteiger partial charge in [-0.05, 0) is 22.3 Å². The molecule has 1 amide bonds. The van der Waals surface area contributed by atoms with Gasteiger partial charge in [-0.3, -0.25) is 0 Å². The van der Waals surface area contributed by atoms with E-state index in [0.717, 1.165) is 22.3 Å². The van der Waals surface area contributed by atoms with E-state index < -0.39 is 18.1 Å². The highest BCUT2D eigenvalue weighted by Gasteiger charge is 2.29. The van der Waals surface area contributed by atoms with E-state index in [1.807, 2.05) is 48.5 Å². The number of rotatable bonds is 6. The van der Waals surface area contributed by atoms with E-state index in [1.165, 1.54) is 0 Å². The second-order valence-electron chi connectivity index (χ2n) is 5.76. The highest BCUT2D eigenvalue weighted by molar-refractivity contribution is 5.82. The standard InChI is InChI=1S/C19H17NO5/c21-10-9-17(18(22)23)20-19(24)25-11-16-14-7-3-1-5-12(14)13-6-2-4-8-15(13)16/h1-8,10,16-17H,9,11H2,(H,20,24)(H,22,23). The summed E-state index contributed by atoms with van der Waals surface area (Å²) in [5, 5.41) is 11.2.